The van der Waals surface area contributed by atoms with Gasteiger partial charge in [0.05, 0.1) is 13.2 Å². The fraction of sp³-hybridized carbons (Fsp3) is 0.588. The van der Waals surface area contributed by atoms with Crippen molar-refractivity contribution in [2.75, 3.05) is 32.8 Å². The number of carbonyl (C=O) groups excluding carboxylic acids is 1. The highest BCUT2D eigenvalue weighted by Crippen LogP contribution is 2.22. The van der Waals surface area contributed by atoms with Gasteiger partial charge in [0.1, 0.15) is 6.04 Å². The summed E-state index contributed by atoms with van der Waals surface area (Å²) in [5.41, 5.74) is 1.41. The zero-order valence-electron chi connectivity index (χ0n) is 12.9. The number of nitrogens with zero attached hydrogens (tertiary/aromatic N) is 1. The van der Waals surface area contributed by atoms with Gasteiger partial charge in [0, 0.05) is 19.6 Å². The summed E-state index contributed by atoms with van der Waals surface area (Å²) in [4.78, 5) is 14.4. The molecule has 1 N–H and O–H groups in total. The van der Waals surface area contributed by atoms with Crippen molar-refractivity contribution in [2.24, 2.45) is 5.92 Å². The highest BCUT2D eigenvalue weighted by Gasteiger charge is 2.29. The van der Waals surface area contributed by atoms with Gasteiger partial charge in [-0.05, 0) is 30.7 Å². The van der Waals surface area contributed by atoms with Crippen molar-refractivity contribution in [2.45, 2.75) is 25.3 Å². The van der Waals surface area contributed by atoms with E-state index < -0.39 is 0 Å². The molecule has 0 spiro atoms. The first-order chi connectivity index (χ1) is 10.3. The predicted molar refractivity (Wildman–Crippen MR) is 89.3 cm³/mol. The summed E-state index contributed by atoms with van der Waals surface area (Å²) in [6.07, 6.45) is 3.34. The summed E-state index contributed by atoms with van der Waals surface area (Å²) in [6, 6.07) is 10.5. The molecule has 2 heterocycles. The SMILES string of the molecule is Cl.O=C(C1COCCN1)N1CCC(Cc2ccccc2)CC1. The molecule has 3 rings (SSSR count). The van der Waals surface area contributed by atoms with Crippen LogP contribution in [0.25, 0.3) is 0 Å². The van der Waals surface area contributed by atoms with Gasteiger partial charge in [-0.25, -0.2) is 0 Å². The fourth-order valence-corrected chi connectivity index (χ4v) is 3.25. The normalized spacial score (nSPS) is 22.9. The van der Waals surface area contributed by atoms with Crippen LogP contribution in [0.1, 0.15) is 18.4 Å². The van der Waals surface area contributed by atoms with Gasteiger partial charge in [-0.3, -0.25) is 4.79 Å². The molecule has 2 saturated heterocycles. The second-order valence-electron chi connectivity index (χ2n) is 6.04. The fourth-order valence-electron chi connectivity index (χ4n) is 3.25. The molecule has 2 aliphatic rings. The highest BCUT2D eigenvalue weighted by molar-refractivity contribution is 5.85. The molecule has 0 bridgehead atoms. The lowest BCUT2D eigenvalue weighted by molar-refractivity contribution is -0.137. The molecular formula is C17H25ClN2O2. The molecule has 0 saturated carbocycles. The topological polar surface area (TPSA) is 41.6 Å². The lowest BCUT2D eigenvalue weighted by Gasteiger charge is -2.35. The monoisotopic (exact) mass is 324 g/mol. The van der Waals surface area contributed by atoms with E-state index in [9.17, 15) is 4.79 Å². The largest absolute Gasteiger partial charge is 0.378 e. The van der Waals surface area contributed by atoms with E-state index in [1.165, 1.54) is 5.56 Å². The molecule has 0 radical (unpaired) electrons. The average Bonchev–Trinajstić information content (AvgIpc) is 2.57. The van der Waals surface area contributed by atoms with Crippen LogP contribution in [-0.4, -0.2) is 49.7 Å². The Morgan fingerprint density at radius 2 is 1.95 bits per heavy atom. The van der Waals surface area contributed by atoms with Crippen LogP contribution in [0.3, 0.4) is 0 Å². The van der Waals surface area contributed by atoms with Gasteiger partial charge in [0.25, 0.3) is 0 Å². The minimum absolute atomic E-state index is 0. The van der Waals surface area contributed by atoms with E-state index in [1.54, 1.807) is 0 Å². The van der Waals surface area contributed by atoms with Crippen molar-refractivity contribution in [1.82, 2.24) is 10.2 Å². The number of nitrogens with one attached hydrogen (secondary N) is 1. The molecule has 1 amide bonds. The summed E-state index contributed by atoms with van der Waals surface area (Å²) in [7, 11) is 0. The number of morpholine rings is 1. The first-order valence-corrected chi connectivity index (χ1v) is 7.97. The maximum atomic E-state index is 12.4. The van der Waals surface area contributed by atoms with Crippen LogP contribution >= 0.6 is 12.4 Å². The summed E-state index contributed by atoms with van der Waals surface area (Å²) >= 11 is 0. The lowest BCUT2D eigenvalue weighted by atomic mass is 9.90. The van der Waals surface area contributed by atoms with Gasteiger partial charge in [0.2, 0.25) is 5.91 Å². The molecule has 2 fully saturated rings. The van der Waals surface area contributed by atoms with E-state index in [4.69, 9.17) is 4.74 Å². The number of hydrogen-bond donors (Lipinski definition) is 1. The minimum atomic E-state index is -0.135. The average molecular weight is 325 g/mol. The maximum absolute atomic E-state index is 12.4. The lowest BCUT2D eigenvalue weighted by Crippen LogP contribution is -2.54. The zero-order valence-corrected chi connectivity index (χ0v) is 13.7. The summed E-state index contributed by atoms with van der Waals surface area (Å²) in [6.45, 7) is 3.77. The smallest absolute Gasteiger partial charge is 0.242 e. The van der Waals surface area contributed by atoms with Gasteiger partial charge in [0.15, 0.2) is 0 Å². The molecule has 1 atom stereocenters. The van der Waals surface area contributed by atoms with Crippen LogP contribution < -0.4 is 5.32 Å². The van der Waals surface area contributed by atoms with Crippen LogP contribution in [-0.2, 0) is 16.0 Å². The number of piperidine rings is 1. The van der Waals surface area contributed by atoms with Crippen molar-refractivity contribution in [3.05, 3.63) is 35.9 Å². The first-order valence-electron chi connectivity index (χ1n) is 7.97. The van der Waals surface area contributed by atoms with Gasteiger partial charge < -0.3 is 15.0 Å². The molecule has 122 valence electrons. The predicted octanol–water partition coefficient (Wildman–Crippen LogP) is 1.88. The van der Waals surface area contributed by atoms with Crippen LogP contribution in [0.5, 0.6) is 0 Å². The molecule has 5 heteroatoms. The van der Waals surface area contributed by atoms with Crippen molar-refractivity contribution >= 4 is 18.3 Å². The van der Waals surface area contributed by atoms with E-state index in [1.807, 2.05) is 4.90 Å². The van der Waals surface area contributed by atoms with Crippen LogP contribution in [0.4, 0.5) is 0 Å². The second kappa shape index (κ2) is 8.51. The van der Waals surface area contributed by atoms with Gasteiger partial charge in [-0.15, -0.1) is 12.4 Å². The summed E-state index contributed by atoms with van der Waals surface area (Å²) in [5, 5.41) is 3.25. The van der Waals surface area contributed by atoms with Crippen molar-refractivity contribution < 1.29 is 9.53 Å². The van der Waals surface area contributed by atoms with Crippen LogP contribution in [0, 0.1) is 5.92 Å². The third-order valence-corrected chi connectivity index (χ3v) is 4.51. The van der Waals surface area contributed by atoms with Crippen LogP contribution in [0.2, 0.25) is 0 Å². The molecular weight excluding hydrogens is 300 g/mol. The highest BCUT2D eigenvalue weighted by atomic mass is 35.5. The van der Waals surface area contributed by atoms with E-state index in [2.05, 4.69) is 35.6 Å². The molecule has 4 nitrogen and oxygen atoms in total. The van der Waals surface area contributed by atoms with Gasteiger partial charge >= 0.3 is 0 Å². The third-order valence-electron chi connectivity index (χ3n) is 4.51. The van der Waals surface area contributed by atoms with Crippen molar-refractivity contribution in [3.8, 4) is 0 Å². The number of rotatable bonds is 3. The van der Waals surface area contributed by atoms with Crippen molar-refractivity contribution in [1.29, 1.82) is 0 Å². The molecule has 0 aromatic heterocycles. The Labute approximate surface area is 138 Å². The van der Waals surface area contributed by atoms with Gasteiger partial charge in [-0.1, -0.05) is 30.3 Å². The maximum Gasteiger partial charge on any atom is 0.242 e. The summed E-state index contributed by atoms with van der Waals surface area (Å²) < 4.78 is 5.38. The number of benzene rings is 1. The first kappa shape index (κ1) is 17.3. The number of likely N-dealkylation sites (tertiary alicyclic amines) is 1. The Morgan fingerprint density at radius 3 is 2.59 bits per heavy atom. The second-order valence-corrected chi connectivity index (χ2v) is 6.04. The zero-order chi connectivity index (χ0) is 14.5. The quantitative estimate of drug-likeness (QED) is 0.923. The van der Waals surface area contributed by atoms with Crippen molar-refractivity contribution in [3.63, 3.8) is 0 Å². The van der Waals surface area contributed by atoms with Crippen LogP contribution in [0.15, 0.2) is 30.3 Å². The molecule has 1 unspecified atom stereocenters. The van der Waals surface area contributed by atoms with E-state index >= 15 is 0 Å². The molecule has 22 heavy (non-hydrogen) atoms. The molecule has 0 aliphatic carbocycles. The number of hydrogen-bond acceptors (Lipinski definition) is 3. The Kier molecular flexibility index (Phi) is 6.68. The third kappa shape index (κ3) is 4.45. The molecule has 2 aliphatic heterocycles. The summed E-state index contributed by atoms with van der Waals surface area (Å²) in [5.74, 6) is 0.917. The number of halogens is 1. The molecule has 1 aromatic carbocycles. The molecule has 1 aromatic rings. The Morgan fingerprint density at radius 1 is 1.23 bits per heavy atom. The Hall–Kier alpha value is -1.10. The van der Waals surface area contributed by atoms with E-state index in [0.717, 1.165) is 38.9 Å². The number of carbonyl (C=O) groups is 1. The standard InChI is InChI=1S/C17H24N2O2.ClH/c20-17(16-13-21-11-8-18-16)19-9-6-15(7-10-19)12-14-4-2-1-3-5-14;/h1-5,15-16,18H,6-13H2;1H. The number of amides is 1. The van der Waals surface area contributed by atoms with E-state index in [-0.39, 0.29) is 24.4 Å². The number of ether oxygens (including phenoxy) is 1. The minimum Gasteiger partial charge on any atom is -0.378 e. The Bertz CT molecular complexity index is 455. The van der Waals surface area contributed by atoms with Gasteiger partial charge in [-0.2, -0.15) is 0 Å². The Balaban J connectivity index is 0.00000176. The van der Waals surface area contributed by atoms with E-state index in [0.29, 0.717) is 19.1 Å².